The van der Waals surface area contributed by atoms with Crippen LogP contribution in [0.15, 0.2) is 0 Å². The predicted octanol–water partition coefficient (Wildman–Crippen LogP) is 1.90. The number of carboxylic acids is 1. The number of rotatable bonds is 9. The Morgan fingerprint density at radius 2 is 1.84 bits per heavy atom. The molecular formula is C14H28N2O3. The fourth-order valence-corrected chi connectivity index (χ4v) is 1.71. The largest absolute Gasteiger partial charge is 0.481 e. The van der Waals surface area contributed by atoms with Crippen LogP contribution in [0.25, 0.3) is 0 Å². The first-order valence-electron chi connectivity index (χ1n) is 6.93. The Bertz CT molecular complexity index is 298. The van der Waals surface area contributed by atoms with E-state index in [0.717, 1.165) is 12.8 Å². The second kappa shape index (κ2) is 8.15. The van der Waals surface area contributed by atoms with Crippen LogP contribution in [0.1, 0.15) is 59.8 Å². The highest BCUT2D eigenvalue weighted by molar-refractivity contribution is 5.76. The van der Waals surface area contributed by atoms with Gasteiger partial charge in [-0.2, -0.15) is 0 Å². The summed E-state index contributed by atoms with van der Waals surface area (Å²) >= 11 is 0. The number of carboxylic acid groups (broad SMARTS) is 1. The SMILES string of the molecule is CC(CCCC(C)C(=O)O)NC(=O)CCC(C)(C)N. The van der Waals surface area contributed by atoms with Crippen LogP contribution in [0.5, 0.6) is 0 Å². The van der Waals surface area contributed by atoms with Crippen LogP contribution >= 0.6 is 0 Å². The van der Waals surface area contributed by atoms with Crippen molar-refractivity contribution >= 4 is 11.9 Å². The van der Waals surface area contributed by atoms with Gasteiger partial charge in [0.05, 0.1) is 5.92 Å². The molecule has 0 spiro atoms. The molecule has 2 unspecified atom stereocenters. The van der Waals surface area contributed by atoms with Crippen LogP contribution < -0.4 is 11.1 Å². The topological polar surface area (TPSA) is 92.4 Å². The lowest BCUT2D eigenvalue weighted by Crippen LogP contribution is -2.37. The Morgan fingerprint density at radius 3 is 2.32 bits per heavy atom. The van der Waals surface area contributed by atoms with Gasteiger partial charge in [0.25, 0.3) is 0 Å². The molecule has 0 aliphatic heterocycles. The van der Waals surface area contributed by atoms with Crippen LogP contribution in [0.2, 0.25) is 0 Å². The summed E-state index contributed by atoms with van der Waals surface area (Å²) in [5, 5.41) is 11.7. The minimum absolute atomic E-state index is 0.0114. The summed E-state index contributed by atoms with van der Waals surface area (Å²) in [5.41, 5.74) is 5.50. The zero-order valence-electron chi connectivity index (χ0n) is 12.5. The summed E-state index contributed by atoms with van der Waals surface area (Å²) in [6, 6.07) is 0.0781. The second-order valence-corrected chi connectivity index (χ2v) is 6.13. The van der Waals surface area contributed by atoms with Gasteiger partial charge < -0.3 is 16.2 Å². The van der Waals surface area contributed by atoms with Gasteiger partial charge in [0.1, 0.15) is 0 Å². The smallest absolute Gasteiger partial charge is 0.306 e. The van der Waals surface area contributed by atoms with Crippen molar-refractivity contribution in [2.24, 2.45) is 11.7 Å². The minimum atomic E-state index is -0.762. The fourth-order valence-electron chi connectivity index (χ4n) is 1.71. The molecule has 0 aromatic carbocycles. The van der Waals surface area contributed by atoms with Gasteiger partial charge in [0, 0.05) is 18.0 Å². The number of amides is 1. The molecule has 0 radical (unpaired) electrons. The van der Waals surface area contributed by atoms with Crippen molar-refractivity contribution in [3.05, 3.63) is 0 Å². The second-order valence-electron chi connectivity index (χ2n) is 6.13. The number of carbonyl (C=O) groups excluding carboxylic acids is 1. The highest BCUT2D eigenvalue weighted by Gasteiger charge is 2.15. The summed E-state index contributed by atoms with van der Waals surface area (Å²) < 4.78 is 0. The Kier molecular flexibility index (Phi) is 7.68. The lowest BCUT2D eigenvalue weighted by molar-refractivity contribution is -0.141. The van der Waals surface area contributed by atoms with Crippen LogP contribution in [-0.4, -0.2) is 28.6 Å². The molecule has 0 fully saturated rings. The standard InChI is InChI=1S/C14H28N2O3/c1-10(13(18)19)6-5-7-11(2)16-12(17)8-9-14(3,4)15/h10-11H,5-9,15H2,1-4H3,(H,16,17)(H,18,19). The molecule has 0 bridgehead atoms. The third kappa shape index (κ3) is 10.5. The van der Waals surface area contributed by atoms with Crippen molar-refractivity contribution in [1.82, 2.24) is 5.32 Å². The first kappa shape index (κ1) is 17.9. The number of hydrogen-bond acceptors (Lipinski definition) is 3. The molecule has 0 aliphatic carbocycles. The molecule has 0 aromatic heterocycles. The average Bonchev–Trinajstić information content (AvgIpc) is 2.25. The van der Waals surface area contributed by atoms with Crippen molar-refractivity contribution in [3.8, 4) is 0 Å². The van der Waals surface area contributed by atoms with Gasteiger partial charge in [-0.25, -0.2) is 0 Å². The molecule has 0 rings (SSSR count). The van der Waals surface area contributed by atoms with Gasteiger partial charge in [-0.05, 0) is 40.0 Å². The van der Waals surface area contributed by atoms with Crippen molar-refractivity contribution < 1.29 is 14.7 Å². The van der Waals surface area contributed by atoms with Crippen LogP contribution in [-0.2, 0) is 9.59 Å². The van der Waals surface area contributed by atoms with Crippen LogP contribution in [0, 0.1) is 5.92 Å². The molecule has 19 heavy (non-hydrogen) atoms. The molecular weight excluding hydrogens is 244 g/mol. The van der Waals surface area contributed by atoms with E-state index >= 15 is 0 Å². The first-order valence-corrected chi connectivity index (χ1v) is 6.93. The van der Waals surface area contributed by atoms with Crippen molar-refractivity contribution in [3.63, 3.8) is 0 Å². The molecule has 0 saturated carbocycles. The lowest BCUT2D eigenvalue weighted by atomic mass is 9.99. The number of carbonyl (C=O) groups is 2. The van der Waals surface area contributed by atoms with E-state index in [0.29, 0.717) is 19.3 Å². The molecule has 0 aliphatic rings. The monoisotopic (exact) mass is 272 g/mol. The molecule has 4 N–H and O–H groups in total. The normalized spacial score (nSPS) is 14.8. The Labute approximate surface area is 115 Å². The van der Waals surface area contributed by atoms with Crippen molar-refractivity contribution in [2.45, 2.75) is 71.4 Å². The summed E-state index contributed by atoms with van der Waals surface area (Å²) in [6.45, 7) is 7.44. The molecule has 5 heteroatoms. The molecule has 0 saturated heterocycles. The maximum Gasteiger partial charge on any atom is 0.306 e. The van der Waals surface area contributed by atoms with Gasteiger partial charge in [-0.1, -0.05) is 13.3 Å². The summed E-state index contributed by atoms with van der Waals surface area (Å²) in [6.07, 6.45) is 3.33. The average molecular weight is 272 g/mol. The van der Waals surface area contributed by atoms with Gasteiger partial charge >= 0.3 is 5.97 Å². The lowest BCUT2D eigenvalue weighted by Gasteiger charge is -2.19. The van der Waals surface area contributed by atoms with Crippen molar-refractivity contribution in [1.29, 1.82) is 0 Å². The van der Waals surface area contributed by atoms with E-state index in [4.69, 9.17) is 10.8 Å². The molecule has 0 aromatic rings. The Morgan fingerprint density at radius 1 is 1.26 bits per heavy atom. The van der Waals surface area contributed by atoms with E-state index in [1.807, 2.05) is 20.8 Å². The number of aliphatic carboxylic acids is 1. The van der Waals surface area contributed by atoms with E-state index < -0.39 is 5.97 Å². The van der Waals surface area contributed by atoms with Gasteiger partial charge in [0.15, 0.2) is 0 Å². The zero-order valence-corrected chi connectivity index (χ0v) is 12.5. The van der Waals surface area contributed by atoms with E-state index in [-0.39, 0.29) is 23.4 Å². The van der Waals surface area contributed by atoms with Gasteiger partial charge in [-0.3, -0.25) is 9.59 Å². The molecule has 1 amide bonds. The summed E-state index contributed by atoms with van der Waals surface area (Å²) in [5.74, 6) is -1.07. The van der Waals surface area contributed by atoms with Crippen LogP contribution in [0.3, 0.4) is 0 Å². The maximum atomic E-state index is 11.6. The highest BCUT2D eigenvalue weighted by Crippen LogP contribution is 2.10. The molecule has 112 valence electrons. The number of nitrogens with one attached hydrogen (secondary N) is 1. The van der Waals surface area contributed by atoms with Crippen molar-refractivity contribution in [2.75, 3.05) is 0 Å². The third-order valence-electron chi connectivity index (χ3n) is 3.10. The van der Waals surface area contributed by atoms with Gasteiger partial charge in [-0.15, -0.1) is 0 Å². The fraction of sp³-hybridized carbons (Fsp3) is 0.857. The predicted molar refractivity (Wildman–Crippen MR) is 75.8 cm³/mol. The zero-order chi connectivity index (χ0) is 15.1. The number of hydrogen-bond donors (Lipinski definition) is 3. The minimum Gasteiger partial charge on any atom is -0.481 e. The Hall–Kier alpha value is -1.10. The maximum absolute atomic E-state index is 11.6. The third-order valence-corrected chi connectivity index (χ3v) is 3.10. The quantitative estimate of drug-likeness (QED) is 0.597. The summed E-state index contributed by atoms with van der Waals surface area (Å²) in [7, 11) is 0. The number of nitrogens with two attached hydrogens (primary N) is 1. The van der Waals surface area contributed by atoms with Crippen LogP contribution in [0.4, 0.5) is 0 Å². The summed E-state index contributed by atoms with van der Waals surface area (Å²) in [4.78, 5) is 22.3. The van der Waals surface area contributed by atoms with E-state index in [1.54, 1.807) is 6.92 Å². The molecule has 0 heterocycles. The Balaban J connectivity index is 3.77. The highest BCUT2D eigenvalue weighted by atomic mass is 16.4. The molecule has 5 nitrogen and oxygen atoms in total. The van der Waals surface area contributed by atoms with E-state index in [9.17, 15) is 9.59 Å². The molecule has 2 atom stereocenters. The van der Waals surface area contributed by atoms with E-state index in [1.165, 1.54) is 0 Å². The first-order chi connectivity index (χ1) is 8.61. The van der Waals surface area contributed by atoms with E-state index in [2.05, 4.69) is 5.32 Å². The van der Waals surface area contributed by atoms with Gasteiger partial charge in [0.2, 0.25) is 5.91 Å².